The Morgan fingerprint density at radius 2 is 2.03 bits per heavy atom. The maximum absolute atomic E-state index is 13.9. The van der Waals surface area contributed by atoms with E-state index in [1.807, 2.05) is 47.9 Å². The van der Waals surface area contributed by atoms with Gasteiger partial charge in [0.25, 0.3) is 0 Å². The number of amides is 1. The molecule has 32 heavy (non-hydrogen) atoms. The molecule has 2 aliphatic rings. The van der Waals surface area contributed by atoms with E-state index in [-0.39, 0.29) is 11.8 Å². The highest BCUT2D eigenvalue weighted by molar-refractivity contribution is 5.86. The molecule has 2 aliphatic heterocycles. The van der Waals surface area contributed by atoms with Crippen LogP contribution in [-0.2, 0) is 17.9 Å². The molecule has 3 aromatic rings. The molecule has 0 bridgehead atoms. The van der Waals surface area contributed by atoms with Gasteiger partial charge in [0.05, 0.1) is 23.1 Å². The number of carbonyl (C=O) groups is 1. The second-order valence-corrected chi connectivity index (χ2v) is 9.38. The molecule has 2 atom stereocenters. The van der Waals surface area contributed by atoms with Crippen LogP contribution >= 0.6 is 0 Å². The zero-order valence-corrected chi connectivity index (χ0v) is 18.8. The number of pyridine rings is 2. The summed E-state index contributed by atoms with van der Waals surface area (Å²) in [5.74, 6) is 0.326. The molecule has 0 N–H and O–H groups in total. The molecule has 7 heteroatoms. The van der Waals surface area contributed by atoms with Crippen LogP contribution in [0.5, 0.6) is 0 Å². The van der Waals surface area contributed by atoms with E-state index in [2.05, 4.69) is 45.5 Å². The van der Waals surface area contributed by atoms with Gasteiger partial charge in [-0.1, -0.05) is 12.1 Å². The van der Waals surface area contributed by atoms with Gasteiger partial charge in [0.2, 0.25) is 5.91 Å². The molecule has 2 saturated heterocycles. The van der Waals surface area contributed by atoms with Gasteiger partial charge in [-0.25, -0.2) is 4.98 Å². The van der Waals surface area contributed by atoms with Crippen LogP contribution in [0, 0.1) is 5.41 Å². The van der Waals surface area contributed by atoms with Crippen molar-refractivity contribution in [3.05, 3.63) is 78.4 Å². The van der Waals surface area contributed by atoms with Crippen LogP contribution in [0.15, 0.2) is 61.4 Å². The van der Waals surface area contributed by atoms with Crippen molar-refractivity contribution in [3.8, 4) is 0 Å². The van der Waals surface area contributed by atoms with Crippen molar-refractivity contribution in [3.63, 3.8) is 0 Å². The predicted octanol–water partition coefficient (Wildman–Crippen LogP) is 3.27. The fourth-order valence-corrected chi connectivity index (χ4v) is 5.23. The molecule has 0 radical (unpaired) electrons. The SMILES string of the molecule is CC(C)n1cnc([C@@H]2CN(Cc3ccccn3)C[C@]23CCN(Cc2cccnc2)C3=O)c1. The molecule has 0 aliphatic carbocycles. The van der Waals surface area contributed by atoms with Crippen molar-refractivity contribution in [2.75, 3.05) is 19.6 Å². The molecule has 0 aromatic carbocycles. The molecule has 0 saturated carbocycles. The van der Waals surface area contributed by atoms with Crippen molar-refractivity contribution in [1.82, 2.24) is 29.3 Å². The Balaban J connectivity index is 1.43. The van der Waals surface area contributed by atoms with E-state index in [0.29, 0.717) is 12.6 Å². The Bertz CT molecular complexity index is 1070. The lowest BCUT2D eigenvalue weighted by Gasteiger charge is -2.28. The van der Waals surface area contributed by atoms with Crippen molar-refractivity contribution >= 4 is 5.91 Å². The lowest BCUT2D eigenvalue weighted by Crippen LogP contribution is -2.39. The van der Waals surface area contributed by atoms with E-state index in [1.165, 1.54) is 0 Å². The highest BCUT2D eigenvalue weighted by Crippen LogP contribution is 2.50. The quantitative estimate of drug-likeness (QED) is 0.600. The highest BCUT2D eigenvalue weighted by Gasteiger charge is 2.57. The fraction of sp³-hybridized carbons (Fsp3) is 0.440. The number of nitrogens with zero attached hydrogens (tertiary/aromatic N) is 6. The van der Waals surface area contributed by atoms with Crippen LogP contribution in [0.4, 0.5) is 0 Å². The zero-order valence-electron chi connectivity index (χ0n) is 18.8. The molecule has 1 amide bonds. The van der Waals surface area contributed by atoms with Crippen molar-refractivity contribution in [2.45, 2.75) is 45.3 Å². The third kappa shape index (κ3) is 3.81. The third-order valence-electron chi connectivity index (χ3n) is 6.94. The lowest BCUT2D eigenvalue weighted by molar-refractivity contribution is -0.136. The van der Waals surface area contributed by atoms with Gasteiger partial charge >= 0.3 is 0 Å². The van der Waals surface area contributed by atoms with E-state index < -0.39 is 5.41 Å². The Kier molecular flexibility index (Phi) is 5.51. The van der Waals surface area contributed by atoms with Crippen LogP contribution in [0.25, 0.3) is 0 Å². The summed E-state index contributed by atoms with van der Waals surface area (Å²) in [5, 5.41) is 0. The van der Waals surface area contributed by atoms with Crippen LogP contribution < -0.4 is 0 Å². The topological polar surface area (TPSA) is 67.2 Å². The lowest BCUT2D eigenvalue weighted by atomic mass is 9.75. The van der Waals surface area contributed by atoms with E-state index in [1.54, 1.807) is 6.20 Å². The molecule has 5 rings (SSSR count). The number of hydrogen-bond acceptors (Lipinski definition) is 5. The summed E-state index contributed by atoms with van der Waals surface area (Å²) < 4.78 is 2.14. The summed E-state index contributed by atoms with van der Waals surface area (Å²) in [5.41, 5.74) is 2.70. The zero-order chi connectivity index (χ0) is 22.1. The summed E-state index contributed by atoms with van der Waals surface area (Å²) >= 11 is 0. The van der Waals surface area contributed by atoms with Gasteiger partial charge in [-0.05, 0) is 44.0 Å². The van der Waals surface area contributed by atoms with E-state index in [0.717, 1.165) is 49.6 Å². The van der Waals surface area contributed by atoms with Gasteiger partial charge in [-0.2, -0.15) is 0 Å². The van der Waals surface area contributed by atoms with Crippen molar-refractivity contribution in [2.24, 2.45) is 5.41 Å². The first-order chi connectivity index (χ1) is 15.5. The fourth-order valence-electron chi connectivity index (χ4n) is 5.23. The summed E-state index contributed by atoms with van der Waals surface area (Å²) in [4.78, 5) is 31.8. The molecule has 166 valence electrons. The Labute approximate surface area is 189 Å². The molecule has 7 nitrogen and oxygen atoms in total. The molecule has 3 aromatic heterocycles. The third-order valence-corrected chi connectivity index (χ3v) is 6.94. The molecule has 5 heterocycles. The summed E-state index contributed by atoms with van der Waals surface area (Å²) in [6, 6.07) is 10.3. The number of rotatable bonds is 6. The largest absolute Gasteiger partial charge is 0.338 e. The van der Waals surface area contributed by atoms with Gasteiger partial charge in [0, 0.05) is 69.5 Å². The highest BCUT2D eigenvalue weighted by atomic mass is 16.2. The first-order valence-corrected chi connectivity index (χ1v) is 11.4. The molecule has 1 spiro atoms. The Hall–Kier alpha value is -3.06. The minimum atomic E-state index is -0.437. The minimum absolute atomic E-state index is 0.0811. The van der Waals surface area contributed by atoms with Crippen LogP contribution in [-0.4, -0.2) is 54.9 Å². The number of aromatic nitrogens is 4. The molecular formula is C25H30N6O. The van der Waals surface area contributed by atoms with Crippen LogP contribution in [0.3, 0.4) is 0 Å². The molecular weight excluding hydrogens is 400 g/mol. The van der Waals surface area contributed by atoms with Gasteiger partial charge in [-0.3, -0.25) is 19.7 Å². The van der Waals surface area contributed by atoms with E-state index in [9.17, 15) is 4.79 Å². The molecule has 0 unspecified atom stereocenters. The first-order valence-electron chi connectivity index (χ1n) is 11.4. The average molecular weight is 431 g/mol. The van der Waals surface area contributed by atoms with E-state index in [4.69, 9.17) is 4.98 Å². The summed E-state index contributed by atoms with van der Waals surface area (Å²) in [6.07, 6.45) is 10.3. The summed E-state index contributed by atoms with van der Waals surface area (Å²) in [6.45, 7) is 8.00. The molecule has 2 fully saturated rings. The Morgan fingerprint density at radius 3 is 2.75 bits per heavy atom. The van der Waals surface area contributed by atoms with E-state index >= 15 is 0 Å². The smallest absolute Gasteiger partial charge is 0.231 e. The van der Waals surface area contributed by atoms with Gasteiger partial charge in [-0.15, -0.1) is 0 Å². The van der Waals surface area contributed by atoms with Gasteiger partial charge in [0.15, 0.2) is 0 Å². The number of likely N-dealkylation sites (tertiary alicyclic amines) is 2. The van der Waals surface area contributed by atoms with Gasteiger partial charge in [0.1, 0.15) is 0 Å². The van der Waals surface area contributed by atoms with Crippen molar-refractivity contribution < 1.29 is 4.79 Å². The maximum Gasteiger partial charge on any atom is 0.231 e. The number of hydrogen-bond donors (Lipinski definition) is 0. The average Bonchev–Trinajstić information content (AvgIpc) is 3.50. The van der Waals surface area contributed by atoms with Crippen LogP contribution in [0.1, 0.15) is 49.2 Å². The van der Waals surface area contributed by atoms with Crippen molar-refractivity contribution in [1.29, 1.82) is 0 Å². The predicted molar refractivity (Wildman–Crippen MR) is 122 cm³/mol. The van der Waals surface area contributed by atoms with Crippen LogP contribution in [0.2, 0.25) is 0 Å². The normalized spacial score (nSPS) is 23.7. The second kappa shape index (κ2) is 8.47. The minimum Gasteiger partial charge on any atom is -0.338 e. The summed E-state index contributed by atoms with van der Waals surface area (Å²) in [7, 11) is 0. The maximum atomic E-state index is 13.9. The Morgan fingerprint density at radius 1 is 1.12 bits per heavy atom. The number of carbonyl (C=O) groups excluding carboxylic acids is 1. The standard InChI is InChI=1S/C25H30N6O/c1-19(2)31-16-23(28-18-31)22-15-29(14-21-7-3-4-10-27-21)17-25(22)8-11-30(24(25)32)13-20-6-5-9-26-12-20/h3-7,9-10,12,16,18-19,22H,8,11,13-15,17H2,1-2H3/t22-,25+/m0/s1. The number of imidazole rings is 1. The first kappa shape index (κ1) is 20.8. The van der Waals surface area contributed by atoms with Gasteiger partial charge < -0.3 is 9.47 Å². The monoisotopic (exact) mass is 430 g/mol. The second-order valence-electron chi connectivity index (χ2n) is 9.38.